The van der Waals surface area contributed by atoms with Crippen molar-refractivity contribution in [3.05, 3.63) is 12.4 Å². The average Bonchev–Trinajstić information content (AvgIpc) is 2.74. The maximum atomic E-state index is 5.60. The van der Waals surface area contributed by atoms with E-state index < -0.39 is 0 Å². The van der Waals surface area contributed by atoms with E-state index >= 15 is 0 Å². The number of nitrogens with two attached hydrogens (primary N) is 1. The molecule has 1 fully saturated rings. The van der Waals surface area contributed by atoms with Crippen LogP contribution in [0, 0.1) is 0 Å². The van der Waals surface area contributed by atoms with E-state index in [0.29, 0.717) is 18.3 Å². The Bertz CT molecular complexity index is 312. The molecule has 1 saturated heterocycles. The van der Waals surface area contributed by atoms with Crippen LogP contribution in [0.1, 0.15) is 12.8 Å². The van der Waals surface area contributed by atoms with E-state index in [1.165, 1.54) is 25.9 Å². The summed E-state index contributed by atoms with van der Waals surface area (Å²) < 4.78 is 5.46. The lowest BCUT2D eigenvalue weighted by atomic mass is 10.4. The molecule has 0 bridgehead atoms. The summed E-state index contributed by atoms with van der Waals surface area (Å²) >= 11 is 0. The van der Waals surface area contributed by atoms with Crippen LogP contribution in [-0.2, 0) is 0 Å². The van der Waals surface area contributed by atoms with Crippen LogP contribution < -0.4 is 10.5 Å². The van der Waals surface area contributed by atoms with Gasteiger partial charge in [0.25, 0.3) is 5.88 Å². The fraction of sp³-hybridized carbons (Fsp3) is 0.600. The van der Waals surface area contributed by atoms with Crippen LogP contribution in [-0.4, -0.2) is 41.1 Å². The summed E-state index contributed by atoms with van der Waals surface area (Å²) in [5.41, 5.74) is 5.60. The molecule has 0 saturated carbocycles. The zero-order valence-electron chi connectivity index (χ0n) is 8.72. The number of hydrogen-bond donors (Lipinski definition) is 1. The molecule has 1 aliphatic heterocycles. The Balaban J connectivity index is 1.75. The normalized spacial score (nSPS) is 16.8. The summed E-state index contributed by atoms with van der Waals surface area (Å²) in [5, 5.41) is 0. The van der Waals surface area contributed by atoms with Crippen LogP contribution in [0.3, 0.4) is 0 Å². The van der Waals surface area contributed by atoms with Gasteiger partial charge in [-0.2, -0.15) is 0 Å². The fourth-order valence-corrected chi connectivity index (χ4v) is 1.72. The largest absolute Gasteiger partial charge is 0.474 e. The summed E-state index contributed by atoms with van der Waals surface area (Å²) in [4.78, 5) is 10.3. The highest BCUT2D eigenvalue weighted by Crippen LogP contribution is 2.13. The molecular weight excluding hydrogens is 192 g/mol. The van der Waals surface area contributed by atoms with E-state index in [2.05, 4.69) is 14.9 Å². The molecule has 5 heteroatoms. The molecule has 0 amide bonds. The molecule has 1 aromatic heterocycles. The van der Waals surface area contributed by atoms with Gasteiger partial charge >= 0.3 is 0 Å². The van der Waals surface area contributed by atoms with Crippen molar-refractivity contribution in [3.63, 3.8) is 0 Å². The Hall–Kier alpha value is -1.36. The summed E-state index contributed by atoms with van der Waals surface area (Å²) in [6.07, 6.45) is 5.74. The van der Waals surface area contributed by atoms with E-state index in [1.54, 1.807) is 12.4 Å². The minimum Gasteiger partial charge on any atom is -0.474 e. The minimum absolute atomic E-state index is 0.360. The van der Waals surface area contributed by atoms with Crippen LogP contribution in [0.15, 0.2) is 12.4 Å². The highest BCUT2D eigenvalue weighted by Gasteiger charge is 2.11. The van der Waals surface area contributed by atoms with E-state index in [0.717, 1.165) is 6.54 Å². The maximum absolute atomic E-state index is 5.60. The Morgan fingerprint density at radius 1 is 1.27 bits per heavy atom. The topological polar surface area (TPSA) is 64.3 Å². The Morgan fingerprint density at radius 2 is 2.00 bits per heavy atom. The number of aromatic nitrogens is 2. The second kappa shape index (κ2) is 4.93. The van der Waals surface area contributed by atoms with Gasteiger partial charge in [0.15, 0.2) is 5.82 Å². The zero-order chi connectivity index (χ0) is 10.5. The zero-order valence-corrected chi connectivity index (χ0v) is 8.72. The average molecular weight is 208 g/mol. The molecule has 0 atom stereocenters. The molecule has 0 aliphatic carbocycles. The molecule has 0 aromatic carbocycles. The molecular formula is C10H16N4O. The first-order valence-electron chi connectivity index (χ1n) is 5.28. The van der Waals surface area contributed by atoms with Crippen molar-refractivity contribution in [1.29, 1.82) is 0 Å². The number of likely N-dealkylation sites (tertiary alicyclic amines) is 1. The van der Waals surface area contributed by atoms with Gasteiger partial charge in [0.1, 0.15) is 6.61 Å². The van der Waals surface area contributed by atoms with Crippen LogP contribution in [0.4, 0.5) is 5.82 Å². The van der Waals surface area contributed by atoms with Gasteiger partial charge in [-0.05, 0) is 25.9 Å². The van der Waals surface area contributed by atoms with Crippen LogP contribution in [0.2, 0.25) is 0 Å². The van der Waals surface area contributed by atoms with E-state index in [1.807, 2.05) is 0 Å². The van der Waals surface area contributed by atoms with Crippen LogP contribution in [0.25, 0.3) is 0 Å². The van der Waals surface area contributed by atoms with E-state index in [4.69, 9.17) is 10.5 Å². The lowest BCUT2D eigenvalue weighted by Crippen LogP contribution is -2.25. The molecule has 1 aromatic rings. The van der Waals surface area contributed by atoms with Crippen molar-refractivity contribution in [2.45, 2.75) is 12.8 Å². The standard InChI is InChI=1S/C10H16N4O/c11-9-10(13-4-3-12-9)15-8-7-14-5-1-2-6-14/h3-4H,1-2,5-8H2,(H2,11,12). The number of nitrogens with zero attached hydrogens (tertiary/aromatic N) is 3. The van der Waals surface area contributed by atoms with Crippen molar-refractivity contribution in [1.82, 2.24) is 14.9 Å². The summed E-state index contributed by atoms with van der Waals surface area (Å²) in [7, 11) is 0. The summed E-state index contributed by atoms with van der Waals surface area (Å²) in [6.45, 7) is 3.93. The third-order valence-corrected chi connectivity index (χ3v) is 2.54. The fourth-order valence-electron chi connectivity index (χ4n) is 1.72. The monoisotopic (exact) mass is 208 g/mol. The van der Waals surface area contributed by atoms with Gasteiger partial charge in [0, 0.05) is 18.9 Å². The number of nitrogen functional groups attached to an aromatic ring is 1. The third kappa shape index (κ3) is 2.79. The van der Waals surface area contributed by atoms with Gasteiger partial charge in [-0.25, -0.2) is 9.97 Å². The van der Waals surface area contributed by atoms with Crippen molar-refractivity contribution in [3.8, 4) is 5.88 Å². The summed E-state index contributed by atoms with van der Waals surface area (Å²) in [6, 6.07) is 0. The van der Waals surface area contributed by atoms with E-state index in [-0.39, 0.29) is 0 Å². The highest BCUT2D eigenvalue weighted by molar-refractivity contribution is 5.38. The Morgan fingerprint density at radius 3 is 2.73 bits per heavy atom. The first-order chi connectivity index (χ1) is 7.36. The van der Waals surface area contributed by atoms with Crippen molar-refractivity contribution >= 4 is 5.82 Å². The predicted octanol–water partition coefficient (Wildman–Crippen LogP) is 0.533. The Kier molecular flexibility index (Phi) is 3.34. The highest BCUT2D eigenvalue weighted by atomic mass is 16.5. The SMILES string of the molecule is Nc1nccnc1OCCN1CCCC1. The molecule has 0 unspecified atom stereocenters. The van der Waals surface area contributed by atoms with Gasteiger partial charge in [0.2, 0.25) is 0 Å². The second-order valence-corrected chi connectivity index (χ2v) is 3.64. The Labute approximate surface area is 89.3 Å². The van der Waals surface area contributed by atoms with Gasteiger partial charge in [-0.15, -0.1) is 0 Å². The lowest BCUT2D eigenvalue weighted by Gasteiger charge is -2.14. The molecule has 15 heavy (non-hydrogen) atoms. The molecule has 5 nitrogen and oxygen atoms in total. The number of rotatable bonds is 4. The van der Waals surface area contributed by atoms with Crippen LogP contribution >= 0.6 is 0 Å². The van der Waals surface area contributed by atoms with Crippen LogP contribution in [0.5, 0.6) is 5.88 Å². The molecule has 1 aliphatic rings. The van der Waals surface area contributed by atoms with Gasteiger partial charge in [-0.1, -0.05) is 0 Å². The van der Waals surface area contributed by atoms with Gasteiger partial charge < -0.3 is 10.5 Å². The number of anilines is 1. The van der Waals surface area contributed by atoms with E-state index in [9.17, 15) is 0 Å². The molecule has 82 valence electrons. The third-order valence-electron chi connectivity index (χ3n) is 2.54. The maximum Gasteiger partial charge on any atom is 0.257 e. The number of hydrogen-bond acceptors (Lipinski definition) is 5. The first-order valence-corrected chi connectivity index (χ1v) is 5.28. The van der Waals surface area contributed by atoms with Gasteiger partial charge in [-0.3, -0.25) is 4.90 Å². The summed E-state index contributed by atoms with van der Waals surface area (Å²) in [5.74, 6) is 0.801. The molecule has 2 rings (SSSR count). The smallest absolute Gasteiger partial charge is 0.257 e. The molecule has 2 N–H and O–H groups in total. The quantitative estimate of drug-likeness (QED) is 0.782. The molecule has 0 spiro atoms. The first kappa shape index (κ1) is 10.2. The molecule has 2 heterocycles. The van der Waals surface area contributed by atoms with Crippen molar-refractivity contribution < 1.29 is 4.74 Å². The second-order valence-electron chi connectivity index (χ2n) is 3.64. The predicted molar refractivity (Wildman–Crippen MR) is 57.6 cm³/mol. The van der Waals surface area contributed by atoms with Crippen molar-refractivity contribution in [2.24, 2.45) is 0 Å². The number of ether oxygens (including phenoxy) is 1. The van der Waals surface area contributed by atoms with Crippen molar-refractivity contribution in [2.75, 3.05) is 32.0 Å². The molecule has 0 radical (unpaired) electrons. The van der Waals surface area contributed by atoms with Gasteiger partial charge in [0.05, 0.1) is 0 Å². The lowest BCUT2D eigenvalue weighted by molar-refractivity contribution is 0.232. The minimum atomic E-state index is 0.360.